The second-order valence-electron chi connectivity index (χ2n) is 7.39. The molecule has 1 saturated heterocycles. The molecule has 3 heterocycles. The number of aromatic carboxylic acids is 1. The van der Waals surface area contributed by atoms with E-state index in [4.69, 9.17) is 4.98 Å². The molecule has 0 aliphatic carbocycles. The highest BCUT2D eigenvalue weighted by molar-refractivity contribution is 7.13. The summed E-state index contributed by atoms with van der Waals surface area (Å²) >= 11 is 1.53. The van der Waals surface area contributed by atoms with Gasteiger partial charge in [0.05, 0.1) is 21.7 Å². The van der Waals surface area contributed by atoms with Crippen LogP contribution in [0.1, 0.15) is 22.8 Å². The summed E-state index contributed by atoms with van der Waals surface area (Å²) in [5.41, 5.74) is 2.34. The van der Waals surface area contributed by atoms with E-state index >= 15 is 0 Å². The van der Waals surface area contributed by atoms with Gasteiger partial charge in [-0.1, -0.05) is 24.3 Å². The van der Waals surface area contributed by atoms with Crippen LogP contribution in [-0.4, -0.2) is 69.2 Å². The fraction of sp³-hybridized carbons (Fsp3) is 0.318. The summed E-state index contributed by atoms with van der Waals surface area (Å²) in [4.78, 5) is 33.9. The Kier molecular flexibility index (Phi) is 5.80. The van der Waals surface area contributed by atoms with Crippen LogP contribution >= 0.6 is 11.3 Å². The number of carboxylic acid groups (broad SMARTS) is 1. The molecule has 3 aromatic rings. The van der Waals surface area contributed by atoms with Gasteiger partial charge in [-0.15, -0.1) is 11.3 Å². The van der Waals surface area contributed by atoms with Crippen LogP contribution in [0.3, 0.4) is 0 Å². The number of aliphatic hydroxyl groups excluding tert-OH is 1. The molecular formula is C22H23N3O4S. The van der Waals surface area contributed by atoms with Crippen molar-refractivity contribution in [3.63, 3.8) is 0 Å². The van der Waals surface area contributed by atoms with Crippen molar-refractivity contribution in [2.45, 2.75) is 19.6 Å². The number of para-hydroxylation sites is 1. The molecule has 0 saturated carbocycles. The Morgan fingerprint density at radius 2 is 1.87 bits per heavy atom. The third-order valence-electron chi connectivity index (χ3n) is 5.38. The molecule has 1 fully saturated rings. The Bertz CT molecular complexity index is 1070. The number of pyridine rings is 1. The summed E-state index contributed by atoms with van der Waals surface area (Å²) in [6.07, 6.45) is -1.01. The number of benzene rings is 1. The minimum Gasteiger partial charge on any atom is -0.478 e. The first-order chi connectivity index (χ1) is 14.5. The van der Waals surface area contributed by atoms with Crippen molar-refractivity contribution in [3.05, 3.63) is 52.9 Å². The third kappa shape index (κ3) is 3.94. The van der Waals surface area contributed by atoms with Crippen LogP contribution in [-0.2, 0) is 11.3 Å². The van der Waals surface area contributed by atoms with Gasteiger partial charge in [-0.2, -0.15) is 0 Å². The lowest BCUT2D eigenvalue weighted by molar-refractivity contribution is -0.141. The average molecular weight is 426 g/mol. The van der Waals surface area contributed by atoms with Crippen molar-refractivity contribution < 1.29 is 19.8 Å². The molecule has 7 nitrogen and oxygen atoms in total. The summed E-state index contributed by atoms with van der Waals surface area (Å²) in [5, 5.41) is 22.2. The lowest BCUT2D eigenvalue weighted by Gasteiger charge is -2.35. The number of aliphatic hydroxyl groups is 1. The van der Waals surface area contributed by atoms with E-state index in [9.17, 15) is 19.8 Å². The molecule has 1 amide bonds. The van der Waals surface area contributed by atoms with Gasteiger partial charge in [0.1, 0.15) is 6.10 Å². The fourth-order valence-electron chi connectivity index (χ4n) is 3.88. The molecule has 2 N–H and O–H groups in total. The molecule has 1 unspecified atom stereocenters. The molecule has 0 bridgehead atoms. The third-order valence-corrected chi connectivity index (χ3v) is 6.26. The van der Waals surface area contributed by atoms with Crippen molar-refractivity contribution in [1.82, 2.24) is 14.8 Å². The molecule has 2 aromatic heterocycles. The zero-order valence-electron chi connectivity index (χ0n) is 16.6. The van der Waals surface area contributed by atoms with Crippen LogP contribution in [0.5, 0.6) is 0 Å². The van der Waals surface area contributed by atoms with Gasteiger partial charge in [0.2, 0.25) is 0 Å². The zero-order chi connectivity index (χ0) is 21.3. The first-order valence-corrected chi connectivity index (χ1v) is 10.7. The molecule has 1 aromatic carbocycles. The molecule has 0 radical (unpaired) electrons. The number of thiophene rings is 1. The number of carboxylic acids is 1. The van der Waals surface area contributed by atoms with Crippen molar-refractivity contribution in [1.29, 1.82) is 0 Å². The van der Waals surface area contributed by atoms with Gasteiger partial charge in [0.25, 0.3) is 5.91 Å². The summed E-state index contributed by atoms with van der Waals surface area (Å²) in [6.45, 7) is 4.12. The number of aromatic nitrogens is 1. The predicted molar refractivity (Wildman–Crippen MR) is 116 cm³/mol. The highest BCUT2D eigenvalue weighted by Crippen LogP contribution is 2.33. The van der Waals surface area contributed by atoms with Crippen LogP contribution < -0.4 is 0 Å². The van der Waals surface area contributed by atoms with Crippen molar-refractivity contribution in [3.8, 4) is 10.6 Å². The largest absolute Gasteiger partial charge is 0.478 e. The van der Waals surface area contributed by atoms with E-state index in [1.807, 2.05) is 35.7 Å². The maximum atomic E-state index is 12.3. The highest BCUT2D eigenvalue weighted by Gasteiger charge is 2.27. The number of fused-ring (bicyclic) bond motifs is 1. The van der Waals surface area contributed by atoms with Crippen LogP contribution in [0.15, 0.2) is 41.8 Å². The lowest BCUT2D eigenvalue weighted by Crippen LogP contribution is -2.50. The van der Waals surface area contributed by atoms with Gasteiger partial charge in [-0.3, -0.25) is 9.69 Å². The summed E-state index contributed by atoms with van der Waals surface area (Å²) < 4.78 is 0. The number of amides is 1. The number of rotatable bonds is 5. The Hall–Kier alpha value is -2.81. The minimum atomic E-state index is -1.01. The number of hydrogen-bond donors (Lipinski definition) is 2. The summed E-state index contributed by atoms with van der Waals surface area (Å²) in [5.74, 6) is -1.24. The predicted octanol–water partition coefficient (Wildman–Crippen LogP) is 2.69. The number of piperazine rings is 1. The van der Waals surface area contributed by atoms with Crippen molar-refractivity contribution in [2.24, 2.45) is 0 Å². The van der Waals surface area contributed by atoms with Crippen LogP contribution in [0.4, 0.5) is 0 Å². The normalized spacial score (nSPS) is 16.0. The van der Waals surface area contributed by atoms with Gasteiger partial charge in [-0.25, -0.2) is 9.78 Å². The van der Waals surface area contributed by atoms with Gasteiger partial charge < -0.3 is 15.1 Å². The van der Waals surface area contributed by atoms with E-state index in [2.05, 4.69) is 4.90 Å². The first kappa shape index (κ1) is 20.5. The van der Waals surface area contributed by atoms with Crippen LogP contribution in [0.25, 0.3) is 21.5 Å². The second kappa shape index (κ2) is 8.51. The molecule has 1 aliphatic rings. The van der Waals surface area contributed by atoms with E-state index in [0.717, 1.165) is 4.88 Å². The number of hydrogen-bond acceptors (Lipinski definition) is 6. The van der Waals surface area contributed by atoms with Gasteiger partial charge in [-0.05, 0) is 24.4 Å². The van der Waals surface area contributed by atoms with Gasteiger partial charge in [0, 0.05) is 43.7 Å². The number of carbonyl (C=O) groups is 2. The van der Waals surface area contributed by atoms with Gasteiger partial charge >= 0.3 is 5.97 Å². The summed E-state index contributed by atoms with van der Waals surface area (Å²) in [6, 6.07) is 11.2. The van der Waals surface area contributed by atoms with E-state index in [-0.39, 0.29) is 11.5 Å². The smallest absolute Gasteiger partial charge is 0.336 e. The molecule has 156 valence electrons. The molecular weight excluding hydrogens is 402 g/mol. The monoisotopic (exact) mass is 425 g/mol. The number of nitrogens with zero attached hydrogens (tertiary/aromatic N) is 3. The first-order valence-electron chi connectivity index (χ1n) is 9.83. The lowest BCUT2D eigenvalue weighted by atomic mass is 9.98. The van der Waals surface area contributed by atoms with E-state index in [1.165, 1.54) is 18.3 Å². The van der Waals surface area contributed by atoms with Crippen LogP contribution in [0, 0.1) is 0 Å². The molecule has 0 spiro atoms. The molecule has 30 heavy (non-hydrogen) atoms. The van der Waals surface area contributed by atoms with E-state index < -0.39 is 12.1 Å². The van der Waals surface area contributed by atoms with E-state index in [0.29, 0.717) is 54.9 Å². The Morgan fingerprint density at radius 3 is 2.50 bits per heavy atom. The highest BCUT2D eigenvalue weighted by atomic mass is 32.1. The maximum absolute atomic E-state index is 12.3. The zero-order valence-corrected chi connectivity index (χ0v) is 17.4. The molecule has 8 heteroatoms. The van der Waals surface area contributed by atoms with Crippen molar-refractivity contribution >= 4 is 34.1 Å². The second-order valence-corrected chi connectivity index (χ2v) is 8.34. The molecule has 1 atom stereocenters. The minimum absolute atomic E-state index is 0.271. The average Bonchev–Trinajstić information content (AvgIpc) is 3.27. The van der Waals surface area contributed by atoms with Gasteiger partial charge in [0.15, 0.2) is 0 Å². The molecule has 4 rings (SSSR count). The Morgan fingerprint density at radius 1 is 1.13 bits per heavy atom. The van der Waals surface area contributed by atoms with Crippen LogP contribution in [0.2, 0.25) is 0 Å². The standard InChI is InChI=1S/C22H23N3O4S/c1-14(26)21(27)25-10-8-24(9-11-25)13-16-19(22(28)29)15-5-2-3-6-17(15)23-20(16)18-7-4-12-30-18/h2-7,12,14,26H,8-11,13H2,1H3,(H,28,29). The molecule has 1 aliphatic heterocycles. The topological polar surface area (TPSA) is 94.0 Å². The number of carbonyl (C=O) groups excluding carboxylic acids is 1. The van der Waals surface area contributed by atoms with Crippen molar-refractivity contribution in [2.75, 3.05) is 26.2 Å². The fourth-order valence-corrected chi connectivity index (χ4v) is 4.62. The maximum Gasteiger partial charge on any atom is 0.336 e. The summed E-state index contributed by atoms with van der Waals surface area (Å²) in [7, 11) is 0. The quantitative estimate of drug-likeness (QED) is 0.653. The van der Waals surface area contributed by atoms with E-state index in [1.54, 1.807) is 11.0 Å². The SMILES string of the molecule is CC(O)C(=O)N1CCN(Cc2c(-c3cccs3)nc3ccccc3c2C(=O)O)CC1. The Labute approximate surface area is 178 Å². The Balaban J connectivity index is 1.71.